The second-order valence-corrected chi connectivity index (χ2v) is 5.65. The lowest BCUT2D eigenvalue weighted by Gasteiger charge is -2.26. The van der Waals surface area contributed by atoms with Crippen molar-refractivity contribution in [3.63, 3.8) is 0 Å². The van der Waals surface area contributed by atoms with Crippen molar-refractivity contribution in [1.82, 2.24) is 4.90 Å². The molecule has 0 aromatic heterocycles. The van der Waals surface area contributed by atoms with Gasteiger partial charge in [0.05, 0.1) is 18.8 Å². The molecule has 2 N–H and O–H groups in total. The van der Waals surface area contributed by atoms with Gasteiger partial charge in [0.25, 0.3) is 0 Å². The number of aromatic carboxylic acids is 1. The lowest BCUT2D eigenvalue weighted by molar-refractivity contribution is 0.0378. The summed E-state index contributed by atoms with van der Waals surface area (Å²) in [5.74, 6) is -0.915. The van der Waals surface area contributed by atoms with Crippen LogP contribution in [0.5, 0.6) is 0 Å². The van der Waals surface area contributed by atoms with Gasteiger partial charge in [-0.2, -0.15) is 0 Å². The molecule has 0 unspecified atom stereocenters. The summed E-state index contributed by atoms with van der Waals surface area (Å²) in [4.78, 5) is 13.5. The first-order valence-corrected chi connectivity index (χ1v) is 7.53. The van der Waals surface area contributed by atoms with Crippen LogP contribution >= 0.6 is 15.9 Å². The number of morpholine rings is 1. The highest BCUT2D eigenvalue weighted by molar-refractivity contribution is 9.10. The molecular formula is C14H19BrN2O3. The van der Waals surface area contributed by atoms with E-state index >= 15 is 0 Å². The van der Waals surface area contributed by atoms with Crippen molar-refractivity contribution in [2.45, 2.75) is 6.42 Å². The summed E-state index contributed by atoms with van der Waals surface area (Å²) in [7, 11) is 0. The molecule has 2 rings (SSSR count). The zero-order chi connectivity index (χ0) is 14.4. The summed E-state index contributed by atoms with van der Waals surface area (Å²) in [6.07, 6.45) is 0.981. The summed E-state index contributed by atoms with van der Waals surface area (Å²) >= 11 is 3.29. The van der Waals surface area contributed by atoms with Crippen molar-refractivity contribution in [1.29, 1.82) is 0 Å². The maximum absolute atomic E-state index is 11.2. The van der Waals surface area contributed by atoms with Crippen LogP contribution < -0.4 is 5.32 Å². The van der Waals surface area contributed by atoms with Gasteiger partial charge in [0.1, 0.15) is 0 Å². The van der Waals surface area contributed by atoms with Gasteiger partial charge in [-0.3, -0.25) is 4.90 Å². The van der Waals surface area contributed by atoms with Gasteiger partial charge in [0.15, 0.2) is 0 Å². The first kappa shape index (κ1) is 15.3. The minimum atomic E-state index is -0.915. The summed E-state index contributed by atoms with van der Waals surface area (Å²) in [6, 6.07) is 5.26. The molecule has 20 heavy (non-hydrogen) atoms. The van der Waals surface area contributed by atoms with Crippen LogP contribution in [0.4, 0.5) is 5.69 Å². The van der Waals surface area contributed by atoms with Crippen LogP contribution in [-0.4, -0.2) is 55.4 Å². The van der Waals surface area contributed by atoms with Crippen LogP contribution in [0.3, 0.4) is 0 Å². The van der Waals surface area contributed by atoms with E-state index in [0.717, 1.165) is 50.3 Å². The van der Waals surface area contributed by atoms with Crippen LogP contribution in [0.25, 0.3) is 0 Å². The number of nitrogens with one attached hydrogen (secondary N) is 1. The molecule has 110 valence electrons. The molecule has 1 aromatic carbocycles. The molecule has 1 aromatic rings. The third-order valence-corrected chi connectivity index (χ3v) is 3.78. The summed E-state index contributed by atoms with van der Waals surface area (Å²) in [5, 5.41) is 12.4. The van der Waals surface area contributed by atoms with E-state index in [0.29, 0.717) is 11.3 Å². The fourth-order valence-electron chi connectivity index (χ4n) is 2.20. The molecule has 1 heterocycles. The van der Waals surface area contributed by atoms with Gasteiger partial charge in [-0.1, -0.05) is 15.9 Å². The third kappa shape index (κ3) is 4.47. The number of benzene rings is 1. The molecule has 1 saturated heterocycles. The maximum Gasteiger partial charge on any atom is 0.337 e. The maximum atomic E-state index is 11.2. The SMILES string of the molecule is O=C(O)c1cc(Br)ccc1NCCCN1CCOCC1. The molecule has 0 saturated carbocycles. The average molecular weight is 343 g/mol. The molecule has 0 bridgehead atoms. The molecule has 1 fully saturated rings. The first-order valence-electron chi connectivity index (χ1n) is 6.73. The van der Waals surface area contributed by atoms with Gasteiger partial charge in [-0.15, -0.1) is 0 Å². The van der Waals surface area contributed by atoms with Gasteiger partial charge in [-0.05, 0) is 31.2 Å². The zero-order valence-electron chi connectivity index (χ0n) is 11.3. The fourth-order valence-corrected chi connectivity index (χ4v) is 2.56. The monoisotopic (exact) mass is 342 g/mol. The summed E-state index contributed by atoms with van der Waals surface area (Å²) in [5.41, 5.74) is 0.966. The Labute approximate surface area is 127 Å². The van der Waals surface area contributed by atoms with E-state index in [9.17, 15) is 4.79 Å². The molecule has 5 nitrogen and oxygen atoms in total. The number of halogens is 1. The Morgan fingerprint density at radius 2 is 2.15 bits per heavy atom. The van der Waals surface area contributed by atoms with Gasteiger partial charge in [0.2, 0.25) is 0 Å². The Balaban J connectivity index is 1.80. The van der Waals surface area contributed by atoms with Crippen molar-refractivity contribution >= 4 is 27.6 Å². The summed E-state index contributed by atoms with van der Waals surface area (Å²) < 4.78 is 6.07. The predicted molar refractivity (Wildman–Crippen MR) is 81.5 cm³/mol. The lowest BCUT2D eigenvalue weighted by Crippen LogP contribution is -2.37. The molecule has 0 amide bonds. The second-order valence-electron chi connectivity index (χ2n) is 4.73. The van der Waals surface area contributed by atoms with Crippen molar-refractivity contribution in [2.24, 2.45) is 0 Å². The normalized spacial score (nSPS) is 16.1. The van der Waals surface area contributed by atoms with E-state index in [1.54, 1.807) is 12.1 Å². The van der Waals surface area contributed by atoms with Crippen molar-refractivity contribution < 1.29 is 14.6 Å². The topological polar surface area (TPSA) is 61.8 Å². The van der Waals surface area contributed by atoms with Gasteiger partial charge < -0.3 is 15.2 Å². The van der Waals surface area contributed by atoms with Crippen molar-refractivity contribution in [3.05, 3.63) is 28.2 Å². The summed E-state index contributed by atoms with van der Waals surface area (Å²) in [6.45, 7) is 5.36. The number of hydrogen-bond donors (Lipinski definition) is 2. The second kappa shape index (κ2) is 7.61. The van der Waals surface area contributed by atoms with Gasteiger partial charge in [0, 0.05) is 29.8 Å². The number of nitrogens with zero attached hydrogens (tertiary/aromatic N) is 1. The number of carboxylic acid groups (broad SMARTS) is 1. The number of hydrogen-bond acceptors (Lipinski definition) is 4. The fraction of sp³-hybridized carbons (Fsp3) is 0.500. The minimum absolute atomic E-state index is 0.297. The van der Waals surface area contributed by atoms with E-state index in [-0.39, 0.29) is 0 Å². The largest absolute Gasteiger partial charge is 0.478 e. The van der Waals surface area contributed by atoms with Crippen LogP contribution in [0.15, 0.2) is 22.7 Å². The smallest absolute Gasteiger partial charge is 0.337 e. The third-order valence-electron chi connectivity index (χ3n) is 3.28. The number of rotatable bonds is 6. The molecule has 0 radical (unpaired) electrons. The average Bonchev–Trinajstić information content (AvgIpc) is 2.45. The van der Waals surface area contributed by atoms with Crippen LogP contribution in [0, 0.1) is 0 Å². The Kier molecular flexibility index (Phi) is 5.82. The highest BCUT2D eigenvalue weighted by atomic mass is 79.9. The Morgan fingerprint density at radius 3 is 2.85 bits per heavy atom. The molecule has 0 spiro atoms. The van der Waals surface area contributed by atoms with Crippen molar-refractivity contribution in [3.8, 4) is 0 Å². The van der Waals surface area contributed by atoms with Crippen LogP contribution in [0.1, 0.15) is 16.8 Å². The van der Waals surface area contributed by atoms with E-state index in [2.05, 4.69) is 26.1 Å². The molecule has 1 aliphatic rings. The van der Waals surface area contributed by atoms with E-state index < -0.39 is 5.97 Å². The first-order chi connectivity index (χ1) is 9.66. The molecular weight excluding hydrogens is 324 g/mol. The Hall–Kier alpha value is -1.11. The number of ether oxygens (including phenoxy) is 1. The molecule has 6 heteroatoms. The number of anilines is 1. The number of carboxylic acids is 1. The van der Waals surface area contributed by atoms with Crippen LogP contribution in [0.2, 0.25) is 0 Å². The van der Waals surface area contributed by atoms with Gasteiger partial charge >= 0.3 is 5.97 Å². The standard InChI is InChI=1S/C14H19BrN2O3/c15-11-2-3-13(12(10-11)14(18)19)16-4-1-5-17-6-8-20-9-7-17/h2-3,10,16H,1,4-9H2,(H,18,19). The lowest BCUT2D eigenvalue weighted by atomic mass is 10.2. The van der Waals surface area contributed by atoms with Crippen molar-refractivity contribution in [2.75, 3.05) is 44.7 Å². The number of carbonyl (C=O) groups is 1. The quantitative estimate of drug-likeness (QED) is 0.776. The molecule has 0 aliphatic carbocycles. The highest BCUT2D eigenvalue weighted by Gasteiger charge is 2.11. The molecule has 0 atom stereocenters. The predicted octanol–water partition coefficient (Wildman–Crippen LogP) is 2.28. The highest BCUT2D eigenvalue weighted by Crippen LogP contribution is 2.21. The molecule has 1 aliphatic heterocycles. The van der Waals surface area contributed by atoms with E-state index in [4.69, 9.17) is 9.84 Å². The van der Waals surface area contributed by atoms with E-state index in [1.807, 2.05) is 6.07 Å². The van der Waals surface area contributed by atoms with Crippen LogP contribution in [-0.2, 0) is 4.74 Å². The van der Waals surface area contributed by atoms with Gasteiger partial charge in [-0.25, -0.2) is 4.79 Å². The zero-order valence-corrected chi connectivity index (χ0v) is 12.9. The Bertz CT molecular complexity index is 462. The Morgan fingerprint density at radius 1 is 1.40 bits per heavy atom. The minimum Gasteiger partial charge on any atom is -0.478 e. The van der Waals surface area contributed by atoms with E-state index in [1.165, 1.54) is 0 Å².